The van der Waals surface area contributed by atoms with Crippen molar-refractivity contribution < 1.29 is 13.9 Å². The molecule has 1 N–H and O–H groups in total. The highest BCUT2D eigenvalue weighted by atomic mass is 19.1. The number of aryl methyl sites for hydroxylation is 1. The molecule has 0 aliphatic heterocycles. The van der Waals surface area contributed by atoms with Crippen molar-refractivity contribution in [1.29, 1.82) is 0 Å². The van der Waals surface area contributed by atoms with Crippen LogP contribution in [0.3, 0.4) is 0 Å². The quantitative estimate of drug-likeness (QED) is 0.876. The van der Waals surface area contributed by atoms with Gasteiger partial charge in [0.15, 0.2) is 6.10 Å². The lowest BCUT2D eigenvalue weighted by atomic mass is 10.2. The Balaban J connectivity index is 2.60. The van der Waals surface area contributed by atoms with Crippen LogP contribution in [0.25, 0.3) is 0 Å². The first-order chi connectivity index (χ1) is 8.43. The van der Waals surface area contributed by atoms with Crippen LogP contribution < -0.4 is 10.1 Å². The summed E-state index contributed by atoms with van der Waals surface area (Å²) in [7, 11) is 0. The van der Waals surface area contributed by atoms with Crippen molar-refractivity contribution in [3.63, 3.8) is 0 Å². The van der Waals surface area contributed by atoms with Crippen molar-refractivity contribution in [3.8, 4) is 5.75 Å². The van der Waals surface area contributed by atoms with Crippen LogP contribution in [0.2, 0.25) is 0 Å². The molecule has 1 rings (SSSR count). The number of nitrogens with one attached hydrogen (secondary N) is 1. The topological polar surface area (TPSA) is 38.3 Å². The molecule has 0 saturated heterocycles. The number of halogens is 1. The van der Waals surface area contributed by atoms with Gasteiger partial charge < -0.3 is 10.1 Å². The zero-order valence-corrected chi connectivity index (χ0v) is 11.3. The molecule has 0 fully saturated rings. The van der Waals surface area contributed by atoms with E-state index in [2.05, 4.69) is 5.32 Å². The lowest BCUT2D eigenvalue weighted by Gasteiger charge is -2.17. The summed E-state index contributed by atoms with van der Waals surface area (Å²) in [6, 6.07) is 4.69. The lowest BCUT2D eigenvalue weighted by molar-refractivity contribution is -0.127. The maximum atomic E-state index is 13.3. The van der Waals surface area contributed by atoms with E-state index in [0.717, 1.165) is 6.42 Å². The maximum Gasteiger partial charge on any atom is 0.260 e. The van der Waals surface area contributed by atoms with Crippen LogP contribution in [0.1, 0.15) is 32.8 Å². The van der Waals surface area contributed by atoms with Crippen molar-refractivity contribution in [1.82, 2.24) is 5.32 Å². The molecule has 0 aliphatic carbocycles. The number of ether oxygens (including phenoxy) is 1. The van der Waals surface area contributed by atoms with Gasteiger partial charge in [-0.1, -0.05) is 13.0 Å². The van der Waals surface area contributed by atoms with Gasteiger partial charge in [0.2, 0.25) is 0 Å². The Bertz CT molecular complexity index is 420. The van der Waals surface area contributed by atoms with Gasteiger partial charge in [-0.15, -0.1) is 0 Å². The maximum absolute atomic E-state index is 13.3. The molecule has 0 heterocycles. The smallest absolute Gasteiger partial charge is 0.260 e. The second-order valence-corrected chi connectivity index (χ2v) is 4.49. The molecule has 1 aromatic carbocycles. The van der Waals surface area contributed by atoms with Crippen molar-refractivity contribution in [2.75, 3.05) is 0 Å². The number of carbonyl (C=O) groups excluding carboxylic acids is 1. The Hall–Kier alpha value is -1.58. The third-order valence-corrected chi connectivity index (χ3v) is 2.83. The number of hydrogen-bond donors (Lipinski definition) is 1. The Morgan fingerprint density at radius 2 is 2.11 bits per heavy atom. The fourth-order valence-corrected chi connectivity index (χ4v) is 1.37. The second kappa shape index (κ2) is 6.38. The molecule has 0 aromatic heterocycles. The summed E-state index contributed by atoms with van der Waals surface area (Å²) < 4.78 is 18.7. The first-order valence-corrected chi connectivity index (χ1v) is 6.17. The predicted molar refractivity (Wildman–Crippen MR) is 69.1 cm³/mol. The largest absolute Gasteiger partial charge is 0.481 e. The van der Waals surface area contributed by atoms with Crippen LogP contribution in [0.15, 0.2) is 18.2 Å². The normalized spacial score (nSPS) is 13.8. The Morgan fingerprint density at radius 3 is 2.67 bits per heavy atom. The van der Waals surface area contributed by atoms with Crippen molar-refractivity contribution in [3.05, 3.63) is 29.6 Å². The molecule has 1 aromatic rings. The second-order valence-electron chi connectivity index (χ2n) is 4.49. The minimum Gasteiger partial charge on any atom is -0.481 e. The standard InChI is InChI=1S/C14H20FNO2/c1-5-10(3)16-14(17)11(4)18-12-7-6-9(2)13(15)8-12/h6-8,10-11H,5H2,1-4H3,(H,16,17). The molecule has 18 heavy (non-hydrogen) atoms. The molecule has 100 valence electrons. The SMILES string of the molecule is CCC(C)NC(=O)C(C)Oc1ccc(C)c(F)c1. The monoisotopic (exact) mass is 253 g/mol. The number of carbonyl (C=O) groups is 1. The molecule has 0 aliphatic rings. The van der Waals surface area contributed by atoms with Gasteiger partial charge in [0.25, 0.3) is 5.91 Å². The van der Waals surface area contributed by atoms with Gasteiger partial charge in [-0.05, 0) is 38.8 Å². The van der Waals surface area contributed by atoms with Gasteiger partial charge >= 0.3 is 0 Å². The van der Waals surface area contributed by atoms with Crippen LogP contribution in [0.4, 0.5) is 4.39 Å². The van der Waals surface area contributed by atoms with Gasteiger partial charge in [0.1, 0.15) is 11.6 Å². The average Bonchev–Trinajstić information content (AvgIpc) is 2.33. The molecular formula is C14H20FNO2. The van der Waals surface area contributed by atoms with Crippen molar-refractivity contribution in [2.24, 2.45) is 0 Å². The van der Waals surface area contributed by atoms with Gasteiger partial charge in [-0.2, -0.15) is 0 Å². The molecule has 0 radical (unpaired) electrons. The Kier molecular flexibility index (Phi) is 5.13. The van der Waals surface area contributed by atoms with E-state index in [1.807, 2.05) is 13.8 Å². The van der Waals surface area contributed by atoms with Crippen LogP contribution in [-0.2, 0) is 4.79 Å². The summed E-state index contributed by atoms with van der Waals surface area (Å²) in [5.74, 6) is -0.155. The van der Waals surface area contributed by atoms with E-state index in [1.165, 1.54) is 6.07 Å². The highest BCUT2D eigenvalue weighted by Gasteiger charge is 2.16. The van der Waals surface area contributed by atoms with Crippen LogP contribution >= 0.6 is 0 Å². The minimum absolute atomic E-state index is 0.110. The van der Waals surface area contributed by atoms with E-state index >= 15 is 0 Å². The van der Waals surface area contributed by atoms with E-state index in [0.29, 0.717) is 11.3 Å². The molecule has 1 amide bonds. The highest BCUT2D eigenvalue weighted by molar-refractivity contribution is 5.80. The van der Waals surface area contributed by atoms with Crippen molar-refractivity contribution in [2.45, 2.75) is 46.3 Å². The fraction of sp³-hybridized carbons (Fsp3) is 0.500. The molecule has 0 bridgehead atoms. The first kappa shape index (κ1) is 14.5. The molecule has 4 heteroatoms. The van der Waals surface area contributed by atoms with E-state index in [4.69, 9.17) is 4.74 Å². The first-order valence-electron chi connectivity index (χ1n) is 6.17. The number of rotatable bonds is 5. The number of benzene rings is 1. The van der Waals surface area contributed by atoms with Crippen LogP contribution in [0, 0.1) is 12.7 Å². The van der Waals surface area contributed by atoms with Gasteiger partial charge in [0, 0.05) is 12.1 Å². The molecular weight excluding hydrogens is 233 g/mol. The summed E-state index contributed by atoms with van der Waals surface area (Å²) >= 11 is 0. The molecule has 0 spiro atoms. The third kappa shape index (κ3) is 4.02. The zero-order valence-electron chi connectivity index (χ0n) is 11.3. The summed E-state index contributed by atoms with van der Waals surface area (Å²) in [6.45, 7) is 7.25. The summed E-state index contributed by atoms with van der Waals surface area (Å²) in [5, 5.41) is 2.82. The third-order valence-electron chi connectivity index (χ3n) is 2.83. The molecule has 2 unspecified atom stereocenters. The van der Waals surface area contributed by atoms with Gasteiger partial charge in [-0.3, -0.25) is 4.79 Å². The summed E-state index contributed by atoms with van der Waals surface area (Å²) in [4.78, 5) is 11.7. The van der Waals surface area contributed by atoms with E-state index < -0.39 is 6.10 Å². The molecule has 0 saturated carbocycles. The zero-order chi connectivity index (χ0) is 13.7. The van der Waals surface area contributed by atoms with E-state index in [-0.39, 0.29) is 17.8 Å². The average molecular weight is 253 g/mol. The summed E-state index contributed by atoms with van der Waals surface area (Å²) in [5.41, 5.74) is 0.555. The van der Waals surface area contributed by atoms with Gasteiger partial charge in [0.05, 0.1) is 0 Å². The fourth-order valence-electron chi connectivity index (χ4n) is 1.37. The van der Waals surface area contributed by atoms with Crippen LogP contribution in [0.5, 0.6) is 5.75 Å². The number of hydrogen-bond acceptors (Lipinski definition) is 2. The van der Waals surface area contributed by atoms with Gasteiger partial charge in [-0.25, -0.2) is 4.39 Å². The summed E-state index contributed by atoms with van der Waals surface area (Å²) in [6.07, 6.45) is 0.221. The lowest BCUT2D eigenvalue weighted by Crippen LogP contribution is -2.40. The predicted octanol–water partition coefficient (Wildman–Crippen LogP) is 2.82. The Morgan fingerprint density at radius 1 is 1.44 bits per heavy atom. The van der Waals surface area contributed by atoms with Crippen LogP contribution in [-0.4, -0.2) is 18.1 Å². The Labute approximate surface area is 107 Å². The van der Waals surface area contributed by atoms with E-state index in [9.17, 15) is 9.18 Å². The van der Waals surface area contributed by atoms with E-state index in [1.54, 1.807) is 26.0 Å². The van der Waals surface area contributed by atoms with Crippen molar-refractivity contribution >= 4 is 5.91 Å². The highest BCUT2D eigenvalue weighted by Crippen LogP contribution is 2.17. The minimum atomic E-state index is -0.638. The number of amides is 1. The molecule has 3 nitrogen and oxygen atoms in total. The molecule has 2 atom stereocenters.